The molecule has 0 radical (unpaired) electrons. The highest BCUT2D eigenvalue weighted by atomic mass is 35.5. The Morgan fingerprint density at radius 1 is 1.15 bits per heavy atom. The predicted molar refractivity (Wildman–Crippen MR) is 132 cm³/mol. The lowest BCUT2D eigenvalue weighted by molar-refractivity contribution is 0.0365. The average molecular weight is 469 g/mol. The molecule has 4 rings (SSSR count). The number of pyridine rings is 1. The lowest BCUT2D eigenvalue weighted by Gasteiger charge is -2.28. The molecule has 1 aliphatic rings. The molecule has 2 heterocycles. The summed E-state index contributed by atoms with van der Waals surface area (Å²) in [4.78, 5) is 32.9. The number of fused-ring (bicyclic) bond motifs is 1. The van der Waals surface area contributed by atoms with Gasteiger partial charge in [-0.3, -0.25) is 9.69 Å². The van der Waals surface area contributed by atoms with Gasteiger partial charge in [-0.05, 0) is 60.7 Å². The lowest BCUT2D eigenvalue weighted by Crippen LogP contribution is -2.40. The largest absolute Gasteiger partial charge is 0.379 e. The van der Waals surface area contributed by atoms with Crippen molar-refractivity contribution in [3.8, 4) is 0 Å². The number of benzene rings is 2. The molecule has 33 heavy (non-hydrogen) atoms. The van der Waals surface area contributed by atoms with E-state index in [1.54, 1.807) is 29.2 Å². The van der Waals surface area contributed by atoms with Gasteiger partial charge in [0.15, 0.2) is 0 Å². The van der Waals surface area contributed by atoms with Crippen LogP contribution in [0.2, 0.25) is 5.02 Å². The third kappa shape index (κ3) is 6.35. The number of rotatable bonds is 7. The SMILES string of the molecule is Cc1ccc2cc(CN(CCCN3CCOCC3)C(=O)Nc3ccc(Cl)cc3)c(=O)[nH]c2c1. The standard InChI is InChI=1S/C25H29ClN4O3/c1-18-3-4-19-16-20(24(31)28-23(19)15-18)17-30(10-2-9-29-11-13-33-14-12-29)25(32)27-22-7-5-21(26)6-8-22/h3-8,15-16H,2,9-14,17H2,1H3,(H,27,32)(H,28,31). The summed E-state index contributed by atoms with van der Waals surface area (Å²) in [7, 11) is 0. The number of H-pyrrole nitrogens is 1. The van der Waals surface area contributed by atoms with Crippen LogP contribution in [-0.2, 0) is 11.3 Å². The number of carbonyl (C=O) groups excluding carboxylic acids is 1. The minimum absolute atomic E-state index is 0.175. The van der Waals surface area contributed by atoms with Gasteiger partial charge in [-0.25, -0.2) is 4.79 Å². The maximum absolute atomic E-state index is 13.1. The molecule has 174 valence electrons. The van der Waals surface area contributed by atoms with Crippen molar-refractivity contribution in [2.24, 2.45) is 0 Å². The fraction of sp³-hybridized carbons (Fsp3) is 0.360. The number of aryl methyl sites for hydroxylation is 1. The molecule has 0 aliphatic carbocycles. The smallest absolute Gasteiger partial charge is 0.322 e. The van der Waals surface area contributed by atoms with Crippen LogP contribution in [0.1, 0.15) is 17.5 Å². The molecule has 1 fully saturated rings. The zero-order valence-corrected chi connectivity index (χ0v) is 19.5. The lowest BCUT2D eigenvalue weighted by atomic mass is 10.1. The summed E-state index contributed by atoms with van der Waals surface area (Å²) in [6.45, 7) is 6.91. The summed E-state index contributed by atoms with van der Waals surface area (Å²) >= 11 is 5.96. The maximum atomic E-state index is 13.1. The van der Waals surface area contributed by atoms with Crippen molar-refractivity contribution in [2.45, 2.75) is 19.9 Å². The first kappa shape index (κ1) is 23.3. The van der Waals surface area contributed by atoms with E-state index in [1.807, 2.05) is 31.2 Å². The van der Waals surface area contributed by atoms with E-state index in [0.717, 1.165) is 55.7 Å². The van der Waals surface area contributed by atoms with E-state index in [-0.39, 0.29) is 18.1 Å². The van der Waals surface area contributed by atoms with Gasteiger partial charge in [0.1, 0.15) is 0 Å². The van der Waals surface area contributed by atoms with Gasteiger partial charge in [-0.2, -0.15) is 0 Å². The van der Waals surface area contributed by atoms with Crippen molar-refractivity contribution in [1.29, 1.82) is 0 Å². The number of urea groups is 1. The van der Waals surface area contributed by atoms with E-state index < -0.39 is 0 Å². The van der Waals surface area contributed by atoms with Gasteiger partial charge >= 0.3 is 6.03 Å². The number of carbonyl (C=O) groups is 1. The van der Waals surface area contributed by atoms with E-state index in [2.05, 4.69) is 15.2 Å². The molecule has 1 aliphatic heterocycles. The predicted octanol–water partition coefficient (Wildman–Crippen LogP) is 4.25. The normalized spacial score (nSPS) is 14.4. The van der Waals surface area contributed by atoms with Crippen LogP contribution in [0.25, 0.3) is 10.9 Å². The second kappa shape index (κ2) is 10.8. The van der Waals surface area contributed by atoms with E-state index in [4.69, 9.17) is 16.3 Å². The summed E-state index contributed by atoms with van der Waals surface area (Å²) in [5.41, 5.74) is 2.92. The third-order valence-electron chi connectivity index (χ3n) is 5.83. The van der Waals surface area contributed by atoms with Gasteiger partial charge in [0.2, 0.25) is 0 Å². The summed E-state index contributed by atoms with van der Waals surface area (Å²) < 4.78 is 5.41. The van der Waals surface area contributed by atoms with Crippen molar-refractivity contribution in [3.05, 3.63) is 75.0 Å². The van der Waals surface area contributed by atoms with E-state index in [1.165, 1.54) is 0 Å². The number of nitrogens with zero attached hydrogens (tertiary/aromatic N) is 2. The fourth-order valence-electron chi connectivity index (χ4n) is 3.98. The first-order chi connectivity index (χ1) is 16.0. The third-order valence-corrected chi connectivity index (χ3v) is 6.08. The Morgan fingerprint density at radius 2 is 1.91 bits per heavy atom. The van der Waals surface area contributed by atoms with E-state index in [9.17, 15) is 9.59 Å². The van der Waals surface area contributed by atoms with Crippen LogP contribution in [0.3, 0.4) is 0 Å². The van der Waals surface area contributed by atoms with Gasteiger partial charge in [-0.15, -0.1) is 0 Å². The minimum atomic E-state index is -0.247. The van der Waals surface area contributed by atoms with Crippen LogP contribution in [0, 0.1) is 6.92 Å². The number of halogens is 1. The second-order valence-corrected chi connectivity index (χ2v) is 8.82. The molecule has 3 aromatic rings. The molecule has 2 aromatic carbocycles. The fourth-order valence-corrected chi connectivity index (χ4v) is 4.11. The molecule has 7 nitrogen and oxygen atoms in total. The number of hydrogen-bond acceptors (Lipinski definition) is 4. The number of hydrogen-bond donors (Lipinski definition) is 2. The number of aromatic amines is 1. The number of ether oxygens (including phenoxy) is 1. The molecule has 0 saturated carbocycles. The Labute approximate surface area is 198 Å². The number of anilines is 1. The highest BCUT2D eigenvalue weighted by molar-refractivity contribution is 6.30. The Balaban J connectivity index is 1.50. The molecular weight excluding hydrogens is 440 g/mol. The van der Waals surface area contributed by atoms with Crippen LogP contribution in [-0.4, -0.2) is 60.2 Å². The summed E-state index contributed by atoms with van der Waals surface area (Å²) in [5, 5.41) is 4.48. The van der Waals surface area contributed by atoms with Crippen LogP contribution in [0.4, 0.5) is 10.5 Å². The zero-order chi connectivity index (χ0) is 23.2. The van der Waals surface area contributed by atoms with Crippen molar-refractivity contribution in [1.82, 2.24) is 14.8 Å². The Hall–Kier alpha value is -2.87. The molecule has 0 unspecified atom stereocenters. The maximum Gasteiger partial charge on any atom is 0.322 e. The zero-order valence-electron chi connectivity index (χ0n) is 18.8. The van der Waals surface area contributed by atoms with Crippen LogP contribution in [0.5, 0.6) is 0 Å². The minimum Gasteiger partial charge on any atom is -0.379 e. The van der Waals surface area contributed by atoms with Gasteiger partial charge in [0.25, 0.3) is 5.56 Å². The van der Waals surface area contributed by atoms with Crippen LogP contribution >= 0.6 is 11.6 Å². The molecular formula is C25H29ClN4O3. The number of morpholine rings is 1. The van der Waals surface area contributed by atoms with E-state index >= 15 is 0 Å². The molecule has 2 N–H and O–H groups in total. The van der Waals surface area contributed by atoms with Gasteiger partial charge in [0, 0.05) is 48.0 Å². The van der Waals surface area contributed by atoms with Crippen molar-refractivity contribution < 1.29 is 9.53 Å². The van der Waals surface area contributed by atoms with Gasteiger partial charge in [-0.1, -0.05) is 23.7 Å². The van der Waals surface area contributed by atoms with Crippen LogP contribution in [0.15, 0.2) is 53.3 Å². The Bertz CT molecular complexity index is 1160. The van der Waals surface area contributed by atoms with E-state index in [0.29, 0.717) is 22.8 Å². The summed E-state index contributed by atoms with van der Waals surface area (Å²) in [6, 6.07) is 14.6. The monoisotopic (exact) mass is 468 g/mol. The number of nitrogens with one attached hydrogen (secondary N) is 2. The van der Waals surface area contributed by atoms with Gasteiger partial charge in [0.05, 0.1) is 19.8 Å². The Morgan fingerprint density at radius 3 is 2.67 bits per heavy atom. The van der Waals surface area contributed by atoms with Crippen LogP contribution < -0.4 is 10.9 Å². The molecule has 1 aromatic heterocycles. The van der Waals surface area contributed by atoms with Crippen molar-refractivity contribution >= 4 is 34.2 Å². The molecule has 2 amide bonds. The highest BCUT2D eigenvalue weighted by Gasteiger charge is 2.18. The highest BCUT2D eigenvalue weighted by Crippen LogP contribution is 2.17. The van der Waals surface area contributed by atoms with Crippen molar-refractivity contribution in [3.63, 3.8) is 0 Å². The molecule has 1 saturated heterocycles. The molecule has 0 atom stereocenters. The first-order valence-corrected chi connectivity index (χ1v) is 11.6. The number of amides is 2. The van der Waals surface area contributed by atoms with Gasteiger partial charge < -0.3 is 19.9 Å². The number of aromatic nitrogens is 1. The second-order valence-electron chi connectivity index (χ2n) is 8.38. The topological polar surface area (TPSA) is 77.7 Å². The summed E-state index contributed by atoms with van der Waals surface area (Å²) in [5.74, 6) is 0. The molecule has 8 heteroatoms. The molecule has 0 bridgehead atoms. The quantitative estimate of drug-likeness (QED) is 0.543. The molecule has 0 spiro atoms. The first-order valence-electron chi connectivity index (χ1n) is 11.2. The van der Waals surface area contributed by atoms with Crippen molar-refractivity contribution in [2.75, 3.05) is 44.7 Å². The summed E-state index contributed by atoms with van der Waals surface area (Å²) in [6.07, 6.45) is 0.804. The average Bonchev–Trinajstić information content (AvgIpc) is 2.81. The Kier molecular flexibility index (Phi) is 7.65.